The van der Waals surface area contributed by atoms with E-state index in [-0.39, 0.29) is 25.6 Å². The van der Waals surface area contributed by atoms with Crippen LogP contribution in [0, 0.1) is 0 Å². The van der Waals surface area contributed by atoms with E-state index in [0.29, 0.717) is 0 Å². The lowest BCUT2D eigenvalue weighted by Gasteiger charge is -2.35. The highest BCUT2D eigenvalue weighted by atomic mass is 19.1. The van der Waals surface area contributed by atoms with Gasteiger partial charge in [0.15, 0.2) is 18.0 Å². The number of benzene rings is 2. The van der Waals surface area contributed by atoms with E-state index in [2.05, 4.69) is 4.98 Å². The van der Waals surface area contributed by atoms with Crippen LogP contribution in [0.4, 0.5) is 14.6 Å². The van der Waals surface area contributed by atoms with Gasteiger partial charge in [0.25, 0.3) is 0 Å². The highest BCUT2D eigenvalue weighted by Gasteiger charge is 2.61. The van der Waals surface area contributed by atoms with Gasteiger partial charge in [-0.1, -0.05) is 60.7 Å². The first-order chi connectivity index (χ1) is 16.4. The Kier molecular flexibility index (Phi) is 7.35. The van der Waals surface area contributed by atoms with Gasteiger partial charge in [0.05, 0.1) is 19.8 Å². The van der Waals surface area contributed by atoms with Crippen molar-refractivity contribution in [3.05, 3.63) is 94.5 Å². The van der Waals surface area contributed by atoms with Crippen LogP contribution in [0.15, 0.2) is 77.7 Å². The number of alkyl halides is 2. The molecule has 1 saturated heterocycles. The molecule has 0 amide bonds. The molecule has 9 heteroatoms. The van der Waals surface area contributed by atoms with Gasteiger partial charge in [-0.15, -0.1) is 0 Å². The van der Waals surface area contributed by atoms with Gasteiger partial charge >= 0.3 is 5.69 Å². The Bertz CT molecular complexity index is 1130. The van der Waals surface area contributed by atoms with Crippen LogP contribution in [0.3, 0.4) is 0 Å². The van der Waals surface area contributed by atoms with Gasteiger partial charge in [0.1, 0.15) is 18.1 Å². The molecule has 1 fully saturated rings. The number of aromatic nitrogens is 2. The maximum absolute atomic E-state index is 15.8. The average molecular weight is 472 g/mol. The molecule has 0 radical (unpaired) electrons. The molecule has 1 aliphatic heterocycles. The second-order valence-corrected chi connectivity index (χ2v) is 8.26. The van der Waals surface area contributed by atoms with Crippen molar-refractivity contribution in [2.45, 2.75) is 50.4 Å². The molecular formula is C25H27F2N3O4. The summed E-state index contributed by atoms with van der Waals surface area (Å²) in [6, 6.07) is 19.8. The zero-order chi connectivity index (χ0) is 24.1. The van der Waals surface area contributed by atoms with E-state index < -0.39 is 36.0 Å². The van der Waals surface area contributed by atoms with E-state index in [4.69, 9.17) is 19.9 Å². The second kappa shape index (κ2) is 10.4. The Morgan fingerprint density at radius 3 is 2.29 bits per heavy atom. The predicted octanol–water partition coefficient (Wildman–Crippen LogP) is 3.59. The third-order valence-corrected chi connectivity index (χ3v) is 5.89. The summed E-state index contributed by atoms with van der Waals surface area (Å²) in [7, 11) is 0. The molecule has 34 heavy (non-hydrogen) atoms. The third-order valence-electron chi connectivity index (χ3n) is 5.89. The SMILES string of the molecule is C[C@H](F)[C@]1(COCc2ccccc2)O[C@@H](n2ccc(N)nc2=O)[C@H](F)[C@@H]1OCc1ccccc1. The van der Waals surface area contributed by atoms with Crippen LogP contribution in [0.1, 0.15) is 24.3 Å². The number of hydrogen-bond acceptors (Lipinski definition) is 6. The minimum atomic E-state index is -1.87. The van der Waals surface area contributed by atoms with Crippen molar-refractivity contribution in [2.24, 2.45) is 0 Å². The van der Waals surface area contributed by atoms with E-state index in [1.807, 2.05) is 60.7 Å². The maximum Gasteiger partial charge on any atom is 0.351 e. The molecule has 0 aliphatic carbocycles. The second-order valence-electron chi connectivity index (χ2n) is 8.26. The molecule has 4 rings (SSSR count). The maximum atomic E-state index is 15.8. The molecule has 1 aliphatic rings. The Balaban J connectivity index is 1.62. The standard InChI is InChI=1S/C25H27F2N3O4/c1-17(26)25(16-32-14-18-8-4-2-5-9-18)22(33-15-19-10-6-3-7-11-19)21(27)23(34-25)30-13-12-20(28)29-24(30)31/h2-13,17,21-23H,14-16H2,1H3,(H2,28,29,31)/t17-,21+,22-,23+,25-/m0/s1. The van der Waals surface area contributed by atoms with E-state index in [9.17, 15) is 4.79 Å². The quantitative estimate of drug-likeness (QED) is 0.513. The zero-order valence-corrected chi connectivity index (χ0v) is 18.7. The summed E-state index contributed by atoms with van der Waals surface area (Å²) < 4.78 is 49.7. The molecule has 0 bridgehead atoms. The largest absolute Gasteiger partial charge is 0.383 e. The van der Waals surface area contributed by atoms with E-state index in [0.717, 1.165) is 15.7 Å². The van der Waals surface area contributed by atoms with Gasteiger partial charge in [0, 0.05) is 6.20 Å². The average Bonchev–Trinajstić information content (AvgIpc) is 3.11. The van der Waals surface area contributed by atoms with Gasteiger partial charge in [-0.3, -0.25) is 4.57 Å². The highest BCUT2D eigenvalue weighted by molar-refractivity contribution is 5.24. The summed E-state index contributed by atoms with van der Waals surface area (Å²) in [5, 5.41) is 0. The lowest BCUT2D eigenvalue weighted by atomic mass is 9.91. The van der Waals surface area contributed by atoms with Crippen LogP contribution >= 0.6 is 0 Å². The summed E-state index contributed by atoms with van der Waals surface area (Å²) >= 11 is 0. The fraction of sp³-hybridized carbons (Fsp3) is 0.360. The predicted molar refractivity (Wildman–Crippen MR) is 122 cm³/mol. The number of ether oxygens (including phenoxy) is 3. The summed E-state index contributed by atoms with van der Waals surface area (Å²) in [4.78, 5) is 16.0. The van der Waals surface area contributed by atoms with Crippen LogP contribution in [0.2, 0.25) is 0 Å². The van der Waals surface area contributed by atoms with Gasteiger partial charge in [0.2, 0.25) is 0 Å². The van der Waals surface area contributed by atoms with Gasteiger partial charge in [-0.05, 0) is 24.1 Å². The molecule has 180 valence electrons. The molecule has 0 spiro atoms. The first-order valence-electron chi connectivity index (χ1n) is 11.0. The van der Waals surface area contributed by atoms with Crippen LogP contribution < -0.4 is 11.4 Å². The van der Waals surface area contributed by atoms with Crippen molar-refractivity contribution in [1.82, 2.24) is 9.55 Å². The Morgan fingerprint density at radius 2 is 1.71 bits per heavy atom. The molecule has 2 heterocycles. The Morgan fingerprint density at radius 1 is 1.09 bits per heavy atom. The lowest BCUT2D eigenvalue weighted by Crippen LogP contribution is -2.53. The van der Waals surface area contributed by atoms with Gasteiger partial charge < -0.3 is 19.9 Å². The fourth-order valence-corrected chi connectivity index (χ4v) is 4.05. The highest BCUT2D eigenvalue weighted by Crippen LogP contribution is 2.44. The van der Waals surface area contributed by atoms with E-state index >= 15 is 8.78 Å². The molecule has 0 saturated carbocycles. The summed E-state index contributed by atoms with van der Waals surface area (Å²) in [6.45, 7) is 1.19. The smallest absolute Gasteiger partial charge is 0.351 e. The van der Waals surface area contributed by atoms with Crippen molar-refractivity contribution in [1.29, 1.82) is 0 Å². The number of rotatable bonds is 9. The van der Waals surface area contributed by atoms with Crippen molar-refractivity contribution < 1.29 is 23.0 Å². The molecule has 2 aromatic carbocycles. The fourth-order valence-electron chi connectivity index (χ4n) is 4.05. The number of anilines is 1. The number of nitrogens with zero attached hydrogens (tertiary/aromatic N) is 2. The normalized spacial score (nSPS) is 25.3. The van der Waals surface area contributed by atoms with E-state index in [1.165, 1.54) is 19.2 Å². The van der Waals surface area contributed by atoms with Crippen LogP contribution in [-0.4, -0.2) is 40.2 Å². The minimum Gasteiger partial charge on any atom is -0.383 e. The van der Waals surface area contributed by atoms with Crippen LogP contribution in [-0.2, 0) is 27.4 Å². The Hall–Kier alpha value is -3.14. The van der Waals surface area contributed by atoms with Crippen LogP contribution in [0.25, 0.3) is 0 Å². The molecule has 1 aromatic heterocycles. The molecule has 5 atom stereocenters. The van der Waals surface area contributed by atoms with Crippen molar-refractivity contribution in [3.8, 4) is 0 Å². The summed E-state index contributed by atoms with van der Waals surface area (Å²) in [6.07, 6.45) is -5.08. The number of nitrogen functional groups attached to an aromatic ring is 1. The van der Waals surface area contributed by atoms with Gasteiger partial charge in [-0.2, -0.15) is 4.98 Å². The summed E-state index contributed by atoms with van der Waals surface area (Å²) in [5.41, 5.74) is 4.62. The monoisotopic (exact) mass is 471 g/mol. The first kappa shape index (κ1) is 24.0. The number of hydrogen-bond donors (Lipinski definition) is 1. The molecule has 3 aromatic rings. The number of halogens is 2. The summed E-state index contributed by atoms with van der Waals surface area (Å²) in [5.74, 6) is -0.0113. The van der Waals surface area contributed by atoms with Crippen molar-refractivity contribution >= 4 is 5.82 Å². The molecular weight excluding hydrogens is 444 g/mol. The molecule has 7 nitrogen and oxygen atoms in total. The van der Waals surface area contributed by atoms with Crippen molar-refractivity contribution in [2.75, 3.05) is 12.3 Å². The number of nitrogens with two attached hydrogens (primary N) is 1. The van der Waals surface area contributed by atoms with E-state index in [1.54, 1.807) is 0 Å². The zero-order valence-electron chi connectivity index (χ0n) is 18.7. The Labute approximate surface area is 196 Å². The molecule has 2 N–H and O–H groups in total. The first-order valence-corrected chi connectivity index (χ1v) is 11.0. The van der Waals surface area contributed by atoms with Gasteiger partial charge in [-0.25, -0.2) is 13.6 Å². The topological polar surface area (TPSA) is 88.6 Å². The third kappa shape index (κ3) is 5.01. The van der Waals surface area contributed by atoms with Crippen molar-refractivity contribution in [3.63, 3.8) is 0 Å². The lowest BCUT2D eigenvalue weighted by molar-refractivity contribution is -0.185. The minimum absolute atomic E-state index is 0.0113. The molecule has 0 unspecified atom stereocenters. The van der Waals surface area contributed by atoms with Crippen LogP contribution in [0.5, 0.6) is 0 Å².